The minimum atomic E-state index is -0.238. The zero-order valence-corrected chi connectivity index (χ0v) is 22.1. The van der Waals surface area contributed by atoms with Crippen molar-refractivity contribution >= 4 is 36.0 Å². The van der Waals surface area contributed by atoms with E-state index < -0.39 is 0 Å². The molecule has 2 aliphatic heterocycles. The van der Waals surface area contributed by atoms with E-state index in [9.17, 15) is 9.59 Å². The number of piperidine rings is 1. The van der Waals surface area contributed by atoms with Crippen LogP contribution in [0.4, 0.5) is 5.69 Å². The van der Waals surface area contributed by atoms with Gasteiger partial charge >= 0.3 is 0 Å². The summed E-state index contributed by atoms with van der Waals surface area (Å²) in [5, 5.41) is 0. The SMILES string of the molecule is CCCN1CC(C(=O)N(CCCN2CCC3(C=Cc4ccccc43)CC2)c2ccccc2)CC1=O.Cl. The van der Waals surface area contributed by atoms with Crippen molar-refractivity contribution in [2.24, 2.45) is 5.92 Å². The summed E-state index contributed by atoms with van der Waals surface area (Å²) in [6.45, 7) is 7.21. The molecule has 2 amide bonds. The molecule has 2 aromatic carbocycles. The van der Waals surface area contributed by atoms with Crippen LogP contribution in [0, 0.1) is 5.92 Å². The number of benzene rings is 2. The van der Waals surface area contributed by atoms with Crippen molar-refractivity contribution in [2.75, 3.05) is 44.2 Å². The summed E-state index contributed by atoms with van der Waals surface area (Å²) in [6, 6.07) is 18.8. The number of carbonyl (C=O) groups excluding carboxylic acids is 2. The first-order chi connectivity index (χ1) is 17.1. The predicted molar refractivity (Wildman–Crippen MR) is 148 cm³/mol. The van der Waals surface area contributed by atoms with Crippen LogP contribution in [0.2, 0.25) is 0 Å². The van der Waals surface area contributed by atoms with Gasteiger partial charge in [-0.15, -0.1) is 12.4 Å². The van der Waals surface area contributed by atoms with Crippen LogP contribution in [0.5, 0.6) is 0 Å². The highest BCUT2D eigenvalue weighted by Crippen LogP contribution is 2.43. The Morgan fingerprint density at radius 1 is 1.03 bits per heavy atom. The summed E-state index contributed by atoms with van der Waals surface area (Å²) in [4.78, 5) is 32.3. The molecule has 0 bridgehead atoms. The quantitative estimate of drug-likeness (QED) is 0.496. The van der Waals surface area contributed by atoms with Crippen molar-refractivity contribution in [2.45, 2.75) is 44.4 Å². The van der Waals surface area contributed by atoms with E-state index in [1.165, 1.54) is 11.1 Å². The summed E-state index contributed by atoms with van der Waals surface area (Å²) in [5.74, 6) is -0.0326. The van der Waals surface area contributed by atoms with E-state index in [1.807, 2.05) is 40.1 Å². The van der Waals surface area contributed by atoms with Gasteiger partial charge in [0.25, 0.3) is 0 Å². The van der Waals surface area contributed by atoms with Gasteiger partial charge in [0.15, 0.2) is 0 Å². The molecular formula is C30H38ClN3O2. The molecule has 1 unspecified atom stereocenters. The molecule has 2 heterocycles. The number of allylic oxidation sites excluding steroid dienone is 1. The average Bonchev–Trinajstić information content (AvgIpc) is 3.44. The molecule has 0 aromatic heterocycles. The van der Waals surface area contributed by atoms with Crippen molar-refractivity contribution in [1.29, 1.82) is 0 Å². The number of hydrogen-bond acceptors (Lipinski definition) is 3. The van der Waals surface area contributed by atoms with Gasteiger partial charge in [0.2, 0.25) is 11.8 Å². The van der Waals surface area contributed by atoms with Crippen LogP contribution in [0.1, 0.15) is 50.2 Å². The molecule has 6 heteroatoms. The van der Waals surface area contributed by atoms with Gasteiger partial charge in [-0.1, -0.05) is 61.5 Å². The van der Waals surface area contributed by atoms with Gasteiger partial charge in [-0.3, -0.25) is 9.59 Å². The van der Waals surface area contributed by atoms with E-state index in [-0.39, 0.29) is 35.6 Å². The molecule has 5 rings (SSSR count). The monoisotopic (exact) mass is 507 g/mol. The Balaban J connectivity index is 0.00000304. The molecule has 1 aliphatic carbocycles. The van der Waals surface area contributed by atoms with Crippen LogP contribution < -0.4 is 4.90 Å². The summed E-state index contributed by atoms with van der Waals surface area (Å²) < 4.78 is 0. The molecule has 1 atom stereocenters. The topological polar surface area (TPSA) is 43.9 Å². The highest BCUT2D eigenvalue weighted by atomic mass is 35.5. The molecule has 5 nitrogen and oxygen atoms in total. The zero-order chi connectivity index (χ0) is 24.3. The van der Waals surface area contributed by atoms with Gasteiger partial charge in [0, 0.05) is 37.2 Å². The van der Waals surface area contributed by atoms with Crippen LogP contribution in [0.3, 0.4) is 0 Å². The second kappa shape index (κ2) is 11.6. The molecule has 0 saturated carbocycles. The van der Waals surface area contributed by atoms with E-state index >= 15 is 0 Å². The summed E-state index contributed by atoms with van der Waals surface area (Å²) in [6.07, 6.45) is 9.22. The smallest absolute Gasteiger partial charge is 0.232 e. The van der Waals surface area contributed by atoms with E-state index in [1.54, 1.807) is 0 Å². The number of likely N-dealkylation sites (tertiary alicyclic amines) is 2. The van der Waals surface area contributed by atoms with Crippen molar-refractivity contribution in [3.63, 3.8) is 0 Å². The molecular weight excluding hydrogens is 470 g/mol. The first-order valence-corrected chi connectivity index (χ1v) is 13.2. The van der Waals surface area contributed by atoms with Crippen molar-refractivity contribution < 1.29 is 9.59 Å². The largest absolute Gasteiger partial charge is 0.342 e. The fraction of sp³-hybridized carbons (Fsp3) is 0.467. The first kappa shape index (κ1) is 26.4. The van der Waals surface area contributed by atoms with E-state index in [0.29, 0.717) is 19.5 Å². The Labute approximate surface area is 221 Å². The molecule has 192 valence electrons. The van der Waals surface area contributed by atoms with Crippen molar-refractivity contribution in [3.8, 4) is 0 Å². The van der Waals surface area contributed by atoms with Gasteiger partial charge in [0.05, 0.1) is 5.92 Å². The molecule has 36 heavy (non-hydrogen) atoms. The van der Waals surface area contributed by atoms with Gasteiger partial charge in [-0.25, -0.2) is 0 Å². The fourth-order valence-corrected chi connectivity index (χ4v) is 6.12. The number of rotatable bonds is 8. The average molecular weight is 508 g/mol. The summed E-state index contributed by atoms with van der Waals surface area (Å²) >= 11 is 0. The van der Waals surface area contributed by atoms with Gasteiger partial charge in [-0.2, -0.15) is 0 Å². The maximum atomic E-state index is 13.5. The third-order valence-electron chi connectivity index (χ3n) is 8.07. The molecule has 0 N–H and O–H groups in total. The normalized spacial score (nSPS) is 20.4. The lowest BCUT2D eigenvalue weighted by molar-refractivity contribution is -0.128. The number of fused-ring (bicyclic) bond motifs is 2. The number of nitrogens with zero attached hydrogens (tertiary/aromatic N) is 3. The second-order valence-corrected chi connectivity index (χ2v) is 10.3. The number of hydrogen-bond donors (Lipinski definition) is 0. The van der Waals surface area contributed by atoms with Gasteiger partial charge in [0.1, 0.15) is 0 Å². The Hall–Kier alpha value is -2.63. The predicted octanol–water partition coefficient (Wildman–Crippen LogP) is 5.15. The highest BCUT2D eigenvalue weighted by Gasteiger charge is 2.38. The minimum Gasteiger partial charge on any atom is -0.342 e. The Bertz CT molecular complexity index is 1080. The molecule has 2 aromatic rings. The van der Waals surface area contributed by atoms with E-state index in [0.717, 1.165) is 57.5 Å². The second-order valence-electron chi connectivity index (χ2n) is 10.3. The zero-order valence-electron chi connectivity index (χ0n) is 21.3. The van der Waals surface area contributed by atoms with Crippen LogP contribution in [-0.2, 0) is 15.0 Å². The fourth-order valence-electron chi connectivity index (χ4n) is 6.12. The molecule has 3 aliphatic rings. The third kappa shape index (κ3) is 5.37. The number of anilines is 1. The standard InChI is InChI=1S/C30H37N3O2.ClH/c1-2-17-32-23-25(22-28(32)34)29(35)33(26-10-4-3-5-11-26)19-8-18-31-20-15-30(16-21-31)14-13-24-9-6-7-12-27(24)30;/h3-7,9-14,25H,2,8,15-23H2,1H3;1H. The molecule has 1 spiro atoms. The summed E-state index contributed by atoms with van der Waals surface area (Å²) in [7, 11) is 0. The molecule has 2 fully saturated rings. The Kier molecular flexibility index (Phi) is 8.53. The summed E-state index contributed by atoms with van der Waals surface area (Å²) in [5.41, 5.74) is 4.01. The van der Waals surface area contributed by atoms with Crippen LogP contribution >= 0.6 is 12.4 Å². The molecule has 2 saturated heterocycles. The highest BCUT2D eigenvalue weighted by molar-refractivity contribution is 5.99. The molecule has 0 radical (unpaired) electrons. The number of para-hydroxylation sites is 1. The maximum Gasteiger partial charge on any atom is 0.232 e. The number of amides is 2. The number of halogens is 1. The Morgan fingerprint density at radius 3 is 2.50 bits per heavy atom. The third-order valence-corrected chi connectivity index (χ3v) is 8.07. The van der Waals surface area contributed by atoms with Crippen molar-refractivity contribution in [3.05, 3.63) is 71.8 Å². The maximum absolute atomic E-state index is 13.5. The lowest BCUT2D eigenvalue weighted by Crippen LogP contribution is -2.43. The lowest BCUT2D eigenvalue weighted by Gasteiger charge is -2.39. The number of carbonyl (C=O) groups is 2. The lowest BCUT2D eigenvalue weighted by atomic mass is 9.74. The van der Waals surface area contributed by atoms with Gasteiger partial charge < -0.3 is 14.7 Å². The van der Waals surface area contributed by atoms with E-state index in [4.69, 9.17) is 0 Å². The van der Waals surface area contributed by atoms with Crippen LogP contribution in [0.15, 0.2) is 60.7 Å². The van der Waals surface area contributed by atoms with Crippen LogP contribution in [-0.4, -0.2) is 60.9 Å². The first-order valence-electron chi connectivity index (χ1n) is 13.2. The van der Waals surface area contributed by atoms with Crippen molar-refractivity contribution in [1.82, 2.24) is 9.80 Å². The Morgan fingerprint density at radius 2 is 1.75 bits per heavy atom. The van der Waals surface area contributed by atoms with E-state index in [2.05, 4.69) is 48.2 Å². The van der Waals surface area contributed by atoms with Crippen LogP contribution in [0.25, 0.3) is 6.08 Å². The van der Waals surface area contributed by atoms with Gasteiger partial charge in [-0.05, 0) is 68.6 Å². The minimum absolute atomic E-state index is 0.